The molecule has 3 fully saturated rings. The first-order valence-electron chi connectivity index (χ1n) is 13.5. The van der Waals surface area contributed by atoms with E-state index >= 15 is 0 Å². The fourth-order valence-corrected chi connectivity index (χ4v) is 6.09. The lowest BCUT2D eigenvalue weighted by atomic mass is 9.86. The number of pyridine rings is 1. The first-order valence-corrected chi connectivity index (χ1v) is 14.2. The lowest BCUT2D eigenvalue weighted by Gasteiger charge is -2.34. The highest BCUT2D eigenvalue weighted by Crippen LogP contribution is 2.40. The van der Waals surface area contributed by atoms with Crippen molar-refractivity contribution in [2.24, 2.45) is 17.6 Å². The second-order valence-electron chi connectivity index (χ2n) is 11.1. The van der Waals surface area contributed by atoms with E-state index in [2.05, 4.69) is 11.1 Å². The first kappa shape index (κ1) is 27.7. The van der Waals surface area contributed by atoms with Gasteiger partial charge in [0.15, 0.2) is 0 Å². The van der Waals surface area contributed by atoms with Crippen molar-refractivity contribution in [3.8, 4) is 11.9 Å². The van der Waals surface area contributed by atoms with Crippen LogP contribution in [-0.4, -0.2) is 64.4 Å². The van der Waals surface area contributed by atoms with Gasteiger partial charge in [0, 0.05) is 56.2 Å². The van der Waals surface area contributed by atoms with E-state index in [4.69, 9.17) is 38.9 Å². The van der Waals surface area contributed by atoms with Crippen molar-refractivity contribution in [1.29, 1.82) is 5.26 Å². The average molecular weight is 571 g/mol. The van der Waals surface area contributed by atoms with Crippen LogP contribution >= 0.6 is 23.2 Å². The van der Waals surface area contributed by atoms with Crippen molar-refractivity contribution in [2.45, 2.75) is 56.6 Å². The number of carbonyl (C=O) groups is 2. The van der Waals surface area contributed by atoms with E-state index in [-0.39, 0.29) is 35.7 Å². The number of rotatable bonds is 7. The highest BCUT2D eigenvalue weighted by Gasteiger charge is 2.49. The Morgan fingerprint density at radius 2 is 1.90 bits per heavy atom. The summed E-state index contributed by atoms with van der Waals surface area (Å²) in [7, 11) is 0. The van der Waals surface area contributed by atoms with Crippen LogP contribution in [0, 0.1) is 23.2 Å². The summed E-state index contributed by atoms with van der Waals surface area (Å²) in [6.45, 7) is 4.22. The van der Waals surface area contributed by atoms with Crippen LogP contribution in [0.25, 0.3) is 0 Å². The number of amides is 2. The number of aromatic nitrogens is 1. The molecule has 39 heavy (non-hydrogen) atoms. The fourth-order valence-electron chi connectivity index (χ4n) is 5.79. The van der Waals surface area contributed by atoms with Crippen LogP contribution in [0.15, 0.2) is 36.5 Å². The molecule has 2 amide bonds. The molecule has 3 aliphatic rings. The molecule has 0 unspecified atom stereocenters. The minimum Gasteiger partial charge on any atom is -0.474 e. The Hall–Kier alpha value is -2.86. The van der Waals surface area contributed by atoms with E-state index in [1.807, 2.05) is 34.9 Å². The highest BCUT2D eigenvalue weighted by atomic mass is 35.5. The van der Waals surface area contributed by atoms with Crippen LogP contribution in [-0.2, 0) is 16.0 Å². The third-order valence-electron chi connectivity index (χ3n) is 8.38. The maximum atomic E-state index is 13.7. The van der Waals surface area contributed by atoms with Crippen molar-refractivity contribution in [1.82, 2.24) is 14.8 Å². The largest absolute Gasteiger partial charge is 0.474 e. The third kappa shape index (κ3) is 6.01. The number of benzene rings is 1. The van der Waals surface area contributed by atoms with E-state index in [0.717, 1.165) is 24.0 Å². The van der Waals surface area contributed by atoms with E-state index in [0.29, 0.717) is 61.4 Å². The van der Waals surface area contributed by atoms with Gasteiger partial charge in [-0.15, -0.1) is 0 Å². The third-order valence-corrected chi connectivity index (χ3v) is 9.12. The Kier molecular flexibility index (Phi) is 8.04. The van der Waals surface area contributed by atoms with Gasteiger partial charge in [-0.1, -0.05) is 35.3 Å². The summed E-state index contributed by atoms with van der Waals surface area (Å²) in [4.78, 5) is 34.5. The maximum Gasteiger partial charge on any atom is 0.242 e. The molecule has 1 aromatic heterocycles. The van der Waals surface area contributed by atoms with E-state index < -0.39 is 5.54 Å². The zero-order valence-electron chi connectivity index (χ0n) is 22.0. The van der Waals surface area contributed by atoms with Gasteiger partial charge < -0.3 is 20.3 Å². The second kappa shape index (κ2) is 11.3. The van der Waals surface area contributed by atoms with Crippen molar-refractivity contribution < 1.29 is 14.3 Å². The quantitative estimate of drug-likeness (QED) is 0.534. The maximum absolute atomic E-state index is 13.7. The predicted octanol–water partition coefficient (Wildman–Crippen LogP) is 4.19. The lowest BCUT2D eigenvalue weighted by molar-refractivity contribution is -0.141. The van der Waals surface area contributed by atoms with Crippen LogP contribution in [0.4, 0.5) is 0 Å². The molecule has 0 spiro atoms. The van der Waals surface area contributed by atoms with Crippen molar-refractivity contribution in [3.63, 3.8) is 0 Å². The molecule has 2 aliphatic heterocycles. The Bertz CT molecular complexity index is 1270. The van der Waals surface area contributed by atoms with Crippen molar-refractivity contribution in [2.75, 3.05) is 26.2 Å². The van der Waals surface area contributed by atoms with Gasteiger partial charge in [-0.05, 0) is 55.9 Å². The summed E-state index contributed by atoms with van der Waals surface area (Å²) in [6.07, 6.45) is 4.48. The Morgan fingerprint density at radius 3 is 2.51 bits per heavy atom. The number of carbonyl (C=O) groups excluding carboxylic acids is 2. The number of ether oxygens (including phenoxy) is 1. The monoisotopic (exact) mass is 569 g/mol. The van der Waals surface area contributed by atoms with Gasteiger partial charge >= 0.3 is 0 Å². The van der Waals surface area contributed by atoms with Crippen LogP contribution in [0.2, 0.25) is 10.0 Å². The van der Waals surface area contributed by atoms with Crippen LogP contribution in [0.3, 0.4) is 0 Å². The Labute approximate surface area is 239 Å². The topological polar surface area (TPSA) is 113 Å². The number of halogens is 2. The number of hydrogen-bond acceptors (Lipinski definition) is 6. The molecular weight excluding hydrogens is 537 g/mol. The van der Waals surface area contributed by atoms with Gasteiger partial charge in [0.2, 0.25) is 17.7 Å². The van der Waals surface area contributed by atoms with E-state index in [9.17, 15) is 9.59 Å². The summed E-state index contributed by atoms with van der Waals surface area (Å²) in [5, 5.41) is 9.87. The molecule has 1 aromatic carbocycles. The number of hydrogen-bond donors (Lipinski definition) is 1. The van der Waals surface area contributed by atoms with Crippen LogP contribution in [0.1, 0.15) is 49.7 Å². The summed E-state index contributed by atoms with van der Waals surface area (Å²) in [6, 6.07) is 11.4. The summed E-state index contributed by atoms with van der Waals surface area (Å²) < 4.78 is 6.24. The lowest BCUT2D eigenvalue weighted by Crippen LogP contribution is -2.50. The molecule has 0 bridgehead atoms. The van der Waals surface area contributed by atoms with Crippen molar-refractivity contribution in [3.05, 3.63) is 57.7 Å². The smallest absolute Gasteiger partial charge is 0.242 e. The molecule has 10 heteroatoms. The minimum absolute atomic E-state index is 0.000379. The van der Waals surface area contributed by atoms with Crippen molar-refractivity contribution >= 4 is 35.0 Å². The molecule has 8 nitrogen and oxygen atoms in total. The Morgan fingerprint density at radius 1 is 1.15 bits per heavy atom. The zero-order valence-corrected chi connectivity index (χ0v) is 23.5. The molecule has 1 aliphatic carbocycles. The van der Waals surface area contributed by atoms with Gasteiger partial charge in [-0.25, -0.2) is 4.98 Å². The molecule has 2 aromatic rings. The van der Waals surface area contributed by atoms with Crippen LogP contribution in [0.5, 0.6) is 5.88 Å². The van der Waals surface area contributed by atoms with Gasteiger partial charge in [-0.2, -0.15) is 5.26 Å². The number of likely N-dealkylation sites (tertiary alicyclic amines) is 2. The normalized spacial score (nSPS) is 23.3. The van der Waals surface area contributed by atoms with Crippen LogP contribution < -0.4 is 10.5 Å². The second-order valence-corrected chi connectivity index (χ2v) is 11.9. The summed E-state index contributed by atoms with van der Waals surface area (Å²) in [5.41, 5.74) is 7.28. The fraction of sp³-hybridized carbons (Fsp3) is 0.517. The molecule has 5 rings (SSSR count). The first-order chi connectivity index (χ1) is 18.7. The molecule has 2 saturated heterocycles. The molecule has 1 saturated carbocycles. The standard InChI is InChI=1S/C29H33Cl2N5O3/c1-18(39-26-5-2-19(6-11-32)15-34-26)22-16-36(17-23(22)21-3-4-24(30)25(31)14-21)27(37)20-7-12-35(13-8-20)28(38)29(33)9-10-29/h2-5,14-15,18,20,22-23H,6-10,12-13,16-17,33H2,1H3/t18-,22-,23-/m1/s1. The molecule has 0 radical (unpaired) electrons. The van der Waals surface area contributed by atoms with Gasteiger partial charge in [0.1, 0.15) is 6.10 Å². The molecule has 206 valence electrons. The highest BCUT2D eigenvalue weighted by molar-refractivity contribution is 6.42. The van der Waals surface area contributed by atoms with Gasteiger partial charge in [0.25, 0.3) is 0 Å². The average Bonchev–Trinajstić information content (AvgIpc) is 3.53. The van der Waals surface area contributed by atoms with Gasteiger partial charge in [-0.3, -0.25) is 9.59 Å². The van der Waals surface area contributed by atoms with Gasteiger partial charge in [0.05, 0.1) is 28.1 Å². The molecule has 2 N–H and O–H groups in total. The number of piperidine rings is 1. The minimum atomic E-state index is -0.673. The number of nitrogens with zero attached hydrogens (tertiary/aromatic N) is 4. The SMILES string of the molecule is C[C@@H](Oc1ccc(CC#N)cn1)[C@H]1CN(C(=O)C2CCN(C(=O)C3(N)CC3)CC2)C[C@@H]1c1ccc(Cl)c(Cl)c1. The number of nitrogens with two attached hydrogens (primary N) is 1. The summed E-state index contributed by atoms with van der Waals surface area (Å²) in [5.74, 6) is 0.503. The predicted molar refractivity (Wildman–Crippen MR) is 148 cm³/mol. The van der Waals surface area contributed by atoms with E-state index in [1.54, 1.807) is 18.3 Å². The molecule has 3 heterocycles. The molecular formula is C29H33Cl2N5O3. The van der Waals surface area contributed by atoms with E-state index in [1.165, 1.54) is 0 Å². The zero-order chi connectivity index (χ0) is 27.7. The molecule has 3 atom stereocenters. The summed E-state index contributed by atoms with van der Waals surface area (Å²) >= 11 is 12.6. The Balaban J connectivity index is 1.29. The number of nitriles is 1.